The van der Waals surface area contributed by atoms with Crippen LogP contribution < -0.4 is 0 Å². The van der Waals surface area contributed by atoms with E-state index in [1.807, 2.05) is 0 Å². The Kier molecular flexibility index (Phi) is 11.0. The minimum absolute atomic E-state index is 0.0119. The second-order valence-corrected chi connectivity index (χ2v) is 4.42. The molecule has 0 fully saturated rings. The lowest BCUT2D eigenvalue weighted by Gasteiger charge is -2.17. The highest BCUT2D eigenvalue weighted by Crippen LogP contribution is 2.04. The summed E-state index contributed by atoms with van der Waals surface area (Å²) in [6.45, 7) is 9.67. The highest BCUT2D eigenvalue weighted by atomic mass is 16.5. The lowest BCUT2D eigenvalue weighted by atomic mass is 10.3. The molecule has 0 radical (unpaired) electrons. The zero-order valence-electron chi connectivity index (χ0n) is 12.8. The zero-order chi connectivity index (χ0) is 16.1. The number of ketones is 1. The number of nitrogens with zero attached hydrogens (tertiary/aromatic N) is 2. The third-order valence-electron chi connectivity index (χ3n) is 2.55. The largest absolute Gasteiger partial charge is 0.371 e. The molecular formula is C15H24N2O4. The minimum Gasteiger partial charge on any atom is -0.371 e. The number of allylic oxidation sites excluding steroid dienone is 2. The predicted molar refractivity (Wildman–Crippen MR) is 82.4 cm³/mol. The van der Waals surface area contributed by atoms with Gasteiger partial charge in [0.25, 0.3) is 0 Å². The maximum absolute atomic E-state index is 11.8. The van der Waals surface area contributed by atoms with E-state index in [-0.39, 0.29) is 31.5 Å². The van der Waals surface area contributed by atoms with Crippen LogP contribution in [0.5, 0.6) is 0 Å². The first-order valence-corrected chi connectivity index (χ1v) is 6.68. The van der Waals surface area contributed by atoms with Crippen LogP contribution in [0.15, 0.2) is 29.4 Å². The van der Waals surface area contributed by atoms with Crippen LogP contribution in [0, 0.1) is 0 Å². The number of likely N-dealkylation sites (N-methyl/N-ethyl adjacent to an activating group) is 1. The molecule has 0 aliphatic rings. The molecule has 6 heteroatoms. The smallest absolute Gasteiger partial charge is 0.248 e. The summed E-state index contributed by atoms with van der Waals surface area (Å²) in [5.41, 5.74) is 0.781. The highest BCUT2D eigenvalue weighted by Gasteiger charge is 2.09. The molecule has 21 heavy (non-hydrogen) atoms. The van der Waals surface area contributed by atoms with Crippen LogP contribution in [0.25, 0.3) is 0 Å². The van der Waals surface area contributed by atoms with Crippen LogP contribution in [0.4, 0.5) is 0 Å². The van der Waals surface area contributed by atoms with Crippen molar-refractivity contribution in [2.24, 2.45) is 4.99 Å². The van der Waals surface area contributed by atoms with Gasteiger partial charge in [-0.15, -0.1) is 0 Å². The average molecular weight is 296 g/mol. The van der Waals surface area contributed by atoms with Crippen LogP contribution in [0.2, 0.25) is 0 Å². The highest BCUT2D eigenvalue weighted by molar-refractivity contribution is 5.77. The van der Waals surface area contributed by atoms with Crippen LogP contribution in [0.3, 0.4) is 0 Å². The second-order valence-electron chi connectivity index (χ2n) is 4.42. The molecule has 0 atom stereocenters. The SMILES string of the molecule is C=C/C=C(/CCN(C)C(=O)COCCOCC(C)=O)N=C. The van der Waals surface area contributed by atoms with Crippen molar-refractivity contribution in [3.8, 4) is 0 Å². The van der Waals surface area contributed by atoms with Gasteiger partial charge in [0.2, 0.25) is 5.91 Å². The summed E-state index contributed by atoms with van der Waals surface area (Å²) in [6, 6.07) is 0. The fourth-order valence-corrected chi connectivity index (χ4v) is 1.36. The van der Waals surface area contributed by atoms with E-state index in [2.05, 4.69) is 18.3 Å². The van der Waals surface area contributed by atoms with Crippen LogP contribution in [0.1, 0.15) is 13.3 Å². The third kappa shape index (κ3) is 10.6. The normalized spacial score (nSPS) is 11.0. The first kappa shape index (κ1) is 19.2. The van der Waals surface area contributed by atoms with E-state index in [9.17, 15) is 9.59 Å². The number of carbonyl (C=O) groups is 2. The molecule has 0 aromatic carbocycles. The van der Waals surface area contributed by atoms with Crippen molar-refractivity contribution in [1.82, 2.24) is 4.90 Å². The molecule has 0 saturated carbocycles. The van der Waals surface area contributed by atoms with E-state index in [0.717, 1.165) is 5.70 Å². The third-order valence-corrected chi connectivity index (χ3v) is 2.55. The molecule has 0 heterocycles. The zero-order valence-corrected chi connectivity index (χ0v) is 12.8. The molecule has 0 aliphatic heterocycles. The van der Waals surface area contributed by atoms with E-state index in [1.165, 1.54) is 6.92 Å². The Bertz CT molecular complexity index is 391. The molecule has 6 nitrogen and oxygen atoms in total. The number of hydrogen-bond donors (Lipinski definition) is 0. The van der Waals surface area contributed by atoms with Crippen molar-refractivity contribution in [1.29, 1.82) is 0 Å². The number of carbonyl (C=O) groups excluding carboxylic acids is 2. The Balaban J connectivity index is 3.80. The van der Waals surface area contributed by atoms with Gasteiger partial charge < -0.3 is 14.4 Å². The Labute approximate surface area is 126 Å². The number of aliphatic imine (C=N–C) groups is 1. The van der Waals surface area contributed by atoms with Crippen molar-refractivity contribution in [3.05, 3.63) is 24.4 Å². The topological polar surface area (TPSA) is 68.2 Å². The van der Waals surface area contributed by atoms with Gasteiger partial charge in [0, 0.05) is 25.7 Å². The van der Waals surface area contributed by atoms with Gasteiger partial charge in [-0.25, -0.2) is 0 Å². The van der Waals surface area contributed by atoms with Crippen molar-refractivity contribution in [3.63, 3.8) is 0 Å². The van der Waals surface area contributed by atoms with Crippen molar-refractivity contribution in [2.75, 3.05) is 40.0 Å². The minimum atomic E-state index is -0.122. The van der Waals surface area contributed by atoms with Crippen molar-refractivity contribution >= 4 is 18.4 Å². The Morgan fingerprint density at radius 1 is 1.24 bits per heavy atom. The molecular weight excluding hydrogens is 272 g/mol. The fourth-order valence-electron chi connectivity index (χ4n) is 1.36. The fraction of sp³-hybridized carbons (Fsp3) is 0.533. The lowest BCUT2D eigenvalue weighted by Crippen LogP contribution is -2.31. The lowest BCUT2D eigenvalue weighted by molar-refractivity contribution is -0.135. The Morgan fingerprint density at radius 2 is 1.86 bits per heavy atom. The second kappa shape index (κ2) is 12.0. The van der Waals surface area contributed by atoms with E-state index < -0.39 is 0 Å². The maximum Gasteiger partial charge on any atom is 0.248 e. The number of amides is 1. The Morgan fingerprint density at radius 3 is 2.38 bits per heavy atom. The van der Waals surface area contributed by atoms with Gasteiger partial charge in [-0.2, -0.15) is 0 Å². The van der Waals surface area contributed by atoms with Gasteiger partial charge in [0.05, 0.1) is 13.2 Å². The van der Waals surface area contributed by atoms with Gasteiger partial charge in [-0.1, -0.05) is 12.7 Å². The van der Waals surface area contributed by atoms with Gasteiger partial charge >= 0.3 is 0 Å². The van der Waals surface area contributed by atoms with Crippen molar-refractivity contribution < 1.29 is 19.1 Å². The van der Waals surface area contributed by atoms with E-state index in [4.69, 9.17) is 9.47 Å². The van der Waals surface area contributed by atoms with Gasteiger partial charge in [0.15, 0.2) is 5.78 Å². The molecule has 0 rings (SSSR count). The average Bonchev–Trinajstić information content (AvgIpc) is 2.46. The predicted octanol–water partition coefficient (Wildman–Crippen LogP) is 1.23. The summed E-state index contributed by atoms with van der Waals surface area (Å²) >= 11 is 0. The molecule has 0 aliphatic carbocycles. The molecule has 0 bridgehead atoms. The standard InChI is InChI=1S/C15H24N2O4/c1-5-6-14(16-3)7-8-17(4)15(19)12-21-10-9-20-11-13(2)18/h5-6H,1,3,7-12H2,2,4H3/b14-6-. The molecule has 0 unspecified atom stereocenters. The molecule has 0 spiro atoms. The molecule has 118 valence electrons. The monoisotopic (exact) mass is 296 g/mol. The van der Waals surface area contributed by atoms with Crippen LogP contribution >= 0.6 is 0 Å². The molecule has 0 N–H and O–H groups in total. The van der Waals surface area contributed by atoms with Crippen LogP contribution in [-0.4, -0.2) is 63.3 Å². The number of ether oxygens (including phenoxy) is 2. The molecule has 1 amide bonds. The van der Waals surface area contributed by atoms with Gasteiger partial charge in [-0.05, 0) is 19.7 Å². The maximum atomic E-state index is 11.8. The summed E-state index contributed by atoms with van der Waals surface area (Å²) in [7, 11) is 1.70. The number of rotatable bonds is 12. The van der Waals surface area contributed by atoms with Gasteiger partial charge in [-0.3, -0.25) is 14.6 Å². The number of Topliss-reactive ketones (excluding diaryl/α,β-unsaturated/α-hetero) is 1. The first-order chi connectivity index (χ1) is 10.0. The summed E-state index contributed by atoms with van der Waals surface area (Å²) in [5, 5.41) is 0. The summed E-state index contributed by atoms with van der Waals surface area (Å²) in [4.78, 5) is 27.8. The summed E-state index contributed by atoms with van der Waals surface area (Å²) < 4.78 is 10.2. The summed E-state index contributed by atoms with van der Waals surface area (Å²) in [6.07, 6.45) is 4.00. The molecule has 0 saturated heterocycles. The van der Waals surface area contributed by atoms with Crippen molar-refractivity contribution in [2.45, 2.75) is 13.3 Å². The van der Waals surface area contributed by atoms with Crippen LogP contribution in [-0.2, 0) is 19.1 Å². The quantitative estimate of drug-likeness (QED) is 0.308. The van der Waals surface area contributed by atoms with E-state index in [1.54, 1.807) is 24.1 Å². The first-order valence-electron chi connectivity index (χ1n) is 6.68. The summed E-state index contributed by atoms with van der Waals surface area (Å²) in [5.74, 6) is -0.159. The molecule has 0 aromatic heterocycles. The van der Waals surface area contributed by atoms with E-state index in [0.29, 0.717) is 19.6 Å². The van der Waals surface area contributed by atoms with Gasteiger partial charge in [0.1, 0.15) is 13.2 Å². The molecule has 0 aromatic rings. The number of hydrogen-bond acceptors (Lipinski definition) is 5. The Hall–Kier alpha value is -1.79. The van der Waals surface area contributed by atoms with E-state index >= 15 is 0 Å².